The third-order valence-electron chi connectivity index (χ3n) is 2.53. The lowest BCUT2D eigenvalue weighted by Gasteiger charge is -1.99. The summed E-state index contributed by atoms with van der Waals surface area (Å²) < 4.78 is 5.61. The molecule has 0 spiro atoms. The number of anilines is 2. The van der Waals surface area contributed by atoms with Crippen molar-refractivity contribution in [1.29, 1.82) is 0 Å². The summed E-state index contributed by atoms with van der Waals surface area (Å²) in [5.41, 5.74) is 0.922. The lowest BCUT2D eigenvalue weighted by Crippen LogP contribution is -1.91. The fourth-order valence-corrected chi connectivity index (χ4v) is 1.75. The Kier molecular flexibility index (Phi) is 3.16. The third kappa shape index (κ3) is 2.74. The molecule has 0 aliphatic rings. The van der Waals surface area contributed by atoms with E-state index in [0.29, 0.717) is 22.6 Å². The van der Waals surface area contributed by atoms with Crippen LogP contribution in [0.4, 0.5) is 11.8 Å². The van der Waals surface area contributed by atoms with Crippen molar-refractivity contribution in [2.75, 3.05) is 5.32 Å². The second-order valence-electron chi connectivity index (χ2n) is 3.88. The molecule has 19 heavy (non-hydrogen) atoms. The molecule has 2 aromatic heterocycles. The number of oxazole rings is 1. The van der Waals surface area contributed by atoms with E-state index in [4.69, 9.17) is 16.0 Å². The van der Waals surface area contributed by atoms with Crippen LogP contribution in [0.15, 0.2) is 59.3 Å². The van der Waals surface area contributed by atoms with E-state index in [1.54, 1.807) is 12.4 Å². The molecule has 1 aromatic carbocycles. The summed E-state index contributed by atoms with van der Waals surface area (Å²) in [6.07, 6.45) is 3.36. The van der Waals surface area contributed by atoms with E-state index in [-0.39, 0.29) is 0 Å². The molecule has 0 aliphatic heterocycles. The lowest BCUT2D eigenvalue weighted by atomic mass is 10.2. The van der Waals surface area contributed by atoms with Gasteiger partial charge in [-0.15, -0.1) is 0 Å². The summed E-state index contributed by atoms with van der Waals surface area (Å²) in [4.78, 5) is 8.30. The van der Waals surface area contributed by atoms with Crippen molar-refractivity contribution in [2.45, 2.75) is 0 Å². The summed E-state index contributed by atoms with van der Waals surface area (Å²) in [7, 11) is 0. The highest BCUT2D eigenvalue weighted by molar-refractivity contribution is 6.30. The molecule has 5 heteroatoms. The average Bonchev–Trinajstić information content (AvgIpc) is 2.89. The van der Waals surface area contributed by atoms with Gasteiger partial charge in [-0.1, -0.05) is 17.7 Å². The first-order valence-electron chi connectivity index (χ1n) is 5.71. The Morgan fingerprint density at radius 2 is 1.84 bits per heavy atom. The maximum absolute atomic E-state index is 5.84. The van der Waals surface area contributed by atoms with Gasteiger partial charge in [0.1, 0.15) is 5.82 Å². The van der Waals surface area contributed by atoms with Gasteiger partial charge >= 0.3 is 6.01 Å². The minimum absolute atomic E-state index is 0.406. The van der Waals surface area contributed by atoms with Crippen LogP contribution in [0.2, 0.25) is 5.02 Å². The predicted octanol–water partition coefficient (Wildman–Crippen LogP) is 4.13. The van der Waals surface area contributed by atoms with Crippen LogP contribution in [0.3, 0.4) is 0 Å². The zero-order valence-corrected chi connectivity index (χ0v) is 10.6. The first-order chi connectivity index (χ1) is 9.31. The Balaban J connectivity index is 1.82. The lowest BCUT2D eigenvalue weighted by molar-refractivity contribution is 0.591. The maximum Gasteiger partial charge on any atom is 0.300 e. The van der Waals surface area contributed by atoms with Crippen LogP contribution in [0.1, 0.15) is 0 Å². The smallest absolute Gasteiger partial charge is 0.300 e. The molecule has 0 radical (unpaired) electrons. The van der Waals surface area contributed by atoms with Crippen LogP contribution in [0, 0.1) is 0 Å². The fraction of sp³-hybridized carbons (Fsp3) is 0. The van der Waals surface area contributed by atoms with Crippen molar-refractivity contribution in [1.82, 2.24) is 9.97 Å². The van der Waals surface area contributed by atoms with Gasteiger partial charge in [-0.2, -0.15) is 0 Å². The second kappa shape index (κ2) is 5.12. The van der Waals surface area contributed by atoms with Crippen LogP contribution >= 0.6 is 11.6 Å². The van der Waals surface area contributed by atoms with Crippen LogP contribution in [-0.2, 0) is 0 Å². The van der Waals surface area contributed by atoms with Crippen molar-refractivity contribution in [3.8, 4) is 11.3 Å². The van der Waals surface area contributed by atoms with E-state index in [2.05, 4.69) is 15.3 Å². The van der Waals surface area contributed by atoms with E-state index >= 15 is 0 Å². The van der Waals surface area contributed by atoms with E-state index in [1.165, 1.54) is 0 Å². The predicted molar refractivity (Wildman–Crippen MR) is 74.5 cm³/mol. The van der Waals surface area contributed by atoms with Crippen LogP contribution in [0.5, 0.6) is 0 Å². The molecule has 2 heterocycles. The highest BCUT2D eigenvalue weighted by Crippen LogP contribution is 2.25. The molecular weight excluding hydrogens is 262 g/mol. The minimum atomic E-state index is 0.406. The Bertz CT molecular complexity index is 665. The second-order valence-corrected chi connectivity index (χ2v) is 4.31. The van der Waals surface area contributed by atoms with Gasteiger partial charge in [0.2, 0.25) is 0 Å². The molecule has 94 valence electrons. The van der Waals surface area contributed by atoms with Crippen molar-refractivity contribution < 1.29 is 4.42 Å². The third-order valence-corrected chi connectivity index (χ3v) is 2.79. The molecule has 3 aromatic rings. The monoisotopic (exact) mass is 271 g/mol. The molecule has 0 saturated carbocycles. The van der Waals surface area contributed by atoms with Gasteiger partial charge in [0.05, 0.1) is 6.20 Å². The first kappa shape index (κ1) is 11.7. The van der Waals surface area contributed by atoms with Crippen LogP contribution < -0.4 is 5.32 Å². The fourth-order valence-electron chi connectivity index (χ4n) is 1.63. The van der Waals surface area contributed by atoms with Crippen molar-refractivity contribution in [3.05, 3.63) is 59.9 Å². The molecule has 0 unspecified atom stereocenters. The summed E-state index contributed by atoms with van der Waals surface area (Å²) >= 11 is 5.84. The largest absolute Gasteiger partial charge is 0.423 e. The van der Waals surface area contributed by atoms with Crippen molar-refractivity contribution in [3.63, 3.8) is 0 Å². The van der Waals surface area contributed by atoms with Gasteiger partial charge in [-0.05, 0) is 36.4 Å². The normalized spacial score (nSPS) is 10.4. The number of halogens is 1. The van der Waals surface area contributed by atoms with E-state index in [9.17, 15) is 0 Å². The highest BCUT2D eigenvalue weighted by atomic mass is 35.5. The van der Waals surface area contributed by atoms with Crippen molar-refractivity contribution >= 4 is 23.4 Å². The number of nitrogens with one attached hydrogen (secondary N) is 1. The molecule has 0 amide bonds. The molecule has 0 atom stereocenters. The average molecular weight is 272 g/mol. The number of hydrogen-bond donors (Lipinski definition) is 1. The Labute approximate surface area is 115 Å². The number of benzene rings is 1. The summed E-state index contributed by atoms with van der Waals surface area (Å²) in [5, 5.41) is 3.68. The Morgan fingerprint density at radius 3 is 2.58 bits per heavy atom. The molecule has 0 saturated heterocycles. The zero-order chi connectivity index (χ0) is 13.1. The SMILES string of the molecule is Clc1ccc(-c2cnc(Nc3ccccn3)o2)cc1. The quantitative estimate of drug-likeness (QED) is 0.778. The summed E-state index contributed by atoms with van der Waals surface area (Å²) in [5.74, 6) is 1.36. The Morgan fingerprint density at radius 1 is 1.00 bits per heavy atom. The van der Waals surface area contributed by atoms with Gasteiger partial charge < -0.3 is 4.42 Å². The van der Waals surface area contributed by atoms with Crippen molar-refractivity contribution in [2.24, 2.45) is 0 Å². The first-order valence-corrected chi connectivity index (χ1v) is 6.09. The van der Waals surface area contributed by atoms with Gasteiger partial charge in [-0.25, -0.2) is 9.97 Å². The molecular formula is C14H10ClN3O. The van der Waals surface area contributed by atoms with Gasteiger partial charge in [0.15, 0.2) is 5.76 Å². The standard InChI is InChI=1S/C14H10ClN3O/c15-11-6-4-10(5-7-11)12-9-17-14(19-12)18-13-3-1-2-8-16-13/h1-9H,(H,16,17,18). The maximum atomic E-state index is 5.84. The highest BCUT2D eigenvalue weighted by Gasteiger charge is 2.06. The van der Waals surface area contributed by atoms with Crippen LogP contribution in [0.25, 0.3) is 11.3 Å². The number of hydrogen-bond acceptors (Lipinski definition) is 4. The Hall–Kier alpha value is -2.33. The van der Waals surface area contributed by atoms with Crippen LogP contribution in [-0.4, -0.2) is 9.97 Å². The van der Waals surface area contributed by atoms with E-state index in [0.717, 1.165) is 5.56 Å². The van der Waals surface area contributed by atoms with E-state index < -0.39 is 0 Å². The number of nitrogens with zero attached hydrogens (tertiary/aromatic N) is 2. The minimum Gasteiger partial charge on any atom is -0.423 e. The molecule has 4 nitrogen and oxygen atoms in total. The number of aromatic nitrogens is 2. The van der Waals surface area contributed by atoms with Gasteiger partial charge in [0, 0.05) is 16.8 Å². The number of rotatable bonds is 3. The molecule has 3 rings (SSSR count). The summed E-state index contributed by atoms with van der Waals surface area (Å²) in [6, 6.07) is 13.4. The number of pyridine rings is 1. The molecule has 0 fully saturated rings. The zero-order valence-electron chi connectivity index (χ0n) is 9.88. The molecule has 0 bridgehead atoms. The molecule has 1 N–H and O–H groups in total. The van der Waals surface area contributed by atoms with Gasteiger partial charge in [0.25, 0.3) is 0 Å². The molecule has 0 aliphatic carbocycles. The van der Waals surface area contributed by atoms with Gasteiger partial charge in [-0.3, -0.25) is 5.32 Å². The topological polar surface area (TPSA) is 51.0 Å². The van der Waals surface area contributed by atoms with E-state index in [1.807, 2.05) is 42.5 Å². The summed E-state index contributed by atoms with van der Waals surface area (Å²) in [6.45, 7) is 0.